The van der Waals surface area contributed by atoms with E-state index in [1.807, 2.05) is 0 Å². The van der Waals surface area contributed by atoms with Crippen molar-refractivity contribution in [2.75, 3.05) is 16.0 Å². The standard InChI is InChI=1S/C14H14N4O4/c1-8-7-12(17-22-8)16-13(20)14(21)18(9(2)19)11-5-3-10(15)4-6-11/h3-7H,15H2,1-2H3,(H,16,17,20). The number of amides is 3. The van der Waals surface area contributed by atoms with Crippen LogP contribution in [0.2, 0.25) is 0 Å². The second-order valence-corrected chi connectivity index (χ2v) is 4.53. The van der Waals surface area contributed by atoms with Gasteiger partial charge in [0, 0.05) is 18.7 Å². The lowest BCUT2D eigenvalue weighted by atomic mass is 10.2. The molecule has 1 aromatic heterocycles. The first-order valence-corrected chi connectivity index (χ1v) is 6.33. The first kappa shape index (κ1) is 15.2. The number of rotatable bonds is 2. The number of aryl methyl sites for hydroxylation is 1. The zero-order valence-electron chi connectivity index (χ0n) is 12.0. The lowest BCUT2D eigenvalue weighted by molar-refractivity contribution is -0.136. The molecule has 0 saturated carbocycles. The molecule has 22 heavy (non-hydrogen) atoms. The molecule has 2 rings (SSSR count). The number of hydrogen-bond acceptors (Lipinski definition) is 6. The van der Waals surface area contributed by atoms with E-state index in [0.717, 1.165) is 4.90 Å². The molecule has 114 valence electrons. The van der Waals surface area contributed by atoms with Crippen LogP contribution in [-0.4, -0.2) is 22.9 Å². The lowest BCUT2D eigenvalue weighted by Gasteiger charge is -2.18. The zero-order valence-corrected chi connectivity index (χ0v) is 12.0. The number of anilines is 3. The zero-order chi connectivity index (χ0) is 16.3. The van der Waals surface area contributed by atoms with Crippen LogP contribution in [0.5, 0.6) is 0 Å². The highest BCUT2D eigenvalue weighted by atomic mass is 16.5. The topological polar surface area (TPSA) is 119 Å². The Balaban J connectivity index is 2.21. The highest BCUT2D eigenvalue weighted by molar-refractivity contribution is 6.48. The Morgan fingerprint density at radius 2 is 1.86 bits per heavy atom. The van der Waals surface area contributed by atoms with E-state index in [1.165, 1.54) is 37.3 Å². The van der Waals surface area contributed by atoms with Crippen molar-refractivity contribution in [3.05, 3.63) is 36.1 Å². The van der Waals surface area contributed by atoms with Crippen LogP contribution in [-0.2, 0) is 14.4 Å². The molecule has 0 unspecified atom stereocenters. The molecule has 1 aromatic carbocycles. The number of hydrogen-bond donors (Lipinski definition) is 2. The van der Waals surface area contributed by atoms with Crippen LogP contribution in [0.4, 0.5) is 17.2 Å². The van der Waals surface area contributed by atoms with Crippen LogP contribution in [0.3, 0.4) is 0 Å². The van der Waals surface area contributed by atoms with Crippen molar-refractivity contribution in [2.24, 2.45) is 0 Å². The Labute approximate surface area is 125 Å². The van der Waals surface area contributed by atoms with Gasteiger partial charge in [-0.1, -0.05) is 5.16 Å². The number of carbonyl (C=O) groups is 3. The third-order valence-corrected chi connectivity index (χ3v) is 2.73. The minimum atomic E-state index is -1.03. The summed E-state index contributed by atoms with van der Waals surface area (Å²) >= 11 is 0. The minimum Gasteiger partial charge on any atom is -0.399 e. The Bertz CT molecular complexity index is 721. The largest absolute Gasteiger partial charge is 0.399 e. The number of carbonyl (C=O) groups excluding carboxylic acids is 3. The molecule has 0 fully saturated rings. The van der Waals surface area contributed by atoms with Gasteiger partial charge < -0.3 is 10.3 Å². The normalized spacial score (nSPS) is 10.1. The Morgan fingerprint density at radius 3 is 2.36 bits per heavy atom. The van der Waals surface area contributed by atoms with Crippen molar-refractivity contribution in [3.8, 4) is 0 Å². The van der Waals surface area contributed by atoms with Gasteiger partial charge in [-0.25, -0.2) is 4.90 Å². The van der Waals surface area contributed by atoms with Crippen LogP contribution in [0.1, 0.15) is 12.7 Å². The van der Waals surface area contributed by atoms with Crippen molar-refractivity contribution in [1.82, 2.24) is 5.16 Å². The molecule has 0 radical (unpaired) electrons. The SMILES string of the molecule is CC(=O)N(C(=O)C(=O)Nc1cc(C)on1)c1ccc(N)cc1. The van der Waals surface area contributed by atoms with Crippen molar-refractivity contribution in [2.45, 2.75) is 13.8 Å². The molecule has 0 aliphatic heterocycles. The molecule has 0 bridgehead atoms. The highest BCUT2D eigenvalue weighted by Crippen LogP contribution is 2.17. The molecule has 8 heteroatoms. The second kappa shape index (κ2) is 6.08. The summed E-state index contributed by atoms with van der Waals surface area (Å²) < 4.78 is 4.78. The predicted molar refractivity (Wildman–Crippen MR) is 78.9 cm³/mol. The monoisotopic (exact) mass is 302 g/mol. The summed E-state index contributed by atoms with van der Waals surface area (Å²) in [5.41, 5.74) is 6.28. The second-order valence-electron chi connectivity index (χ2n) is 4.53. The summed E-state index contributed by atoms with van der Waals surface area (Å²) in [6.07, 6.45) is 0. The van der Waals surface area contributed by atoms with E-state index in [9.17, 15) is 14.4 Å². The maximum atomic E-state index is 12.2. The number of nitrogens with two attached hydrogens (primary N) is 1. The molecule has 3 N–H and O–H groups in total. The summed E-state index contributed by atoms with van der Waals surface area (Å²) in [6.45, 7) is 2.82. The summed E-state index contributed by atoms with van der Waals surface area (Å²) in [6, 6.07) is 7.45. The van der Waals surface area contributed by atoms with Gasteiger partial charge in [0.1, 0.15) is 5.76 Å². The molecule has 0 aliphatic rings. The van der Waals surface area contributed by atoms with Crippen LogP contribution >= 0.6 is 0 Å². The molecular formula is C14H14N4O4. The van der Waals surface area contributed by atoms with Crippen molar-refractivity contribution in [3.63, 3.8) is 0 Å². The van der Waals surface area contributed by atoms with Crippen LogP contribution in [0.15, 0.2) is 34.9 Å². The van der Waals surface area contributed by atoms with E-state index in [4.69, 9.17) is 10.3 Å². The van der Waals surface area contributed by atoms with Gasteiger partial charge in [-0.3, -0.25) is 19.7 Å². The minimum absolute atomic E-state index is 0.0941. The third-order valence-electron chi connectivity index (χ3n) is 2.73. The average molecular weight is 302 g/mol. The predicted octanol–water partition coefficient (Wildman–Crippen LogP) is 1.08. The number of benzene rings is 1. The lowest BCUT2D eigenvalue weighted by Crippen LogP contribution is -2.42. The van der Waals surface area contributed by atoms with E-state index >= 15 is 0 Å². The Kier molecular flexibility index (Phi) is 4.21. The smallest absolute Gasteiger partial charge is 0.323 e. The molecule has 0 spiro atoms. The third kappa shape index (κ3) is 3.29. The number of nitrogens with one attached hydrogen (secondary N) is 1. The molecule has 2 aromatic rings. The van der Waals surface area contributed by atoms with Crippen LogP contribution < -0.4 is 16.0 Å². The van der Waals surface area contributed by atoms with E-state index in [0.29, 0.717) is 11.4 Å². The maximum absolute atomic E-state index is 12.2. The first-order chi connectivity index (χ1) is 10.4. The maximum Gasteiger partial charge on any atom is 0.323 e. The fourth-order valence-corrected chi connectivity index (χ4v) is 1.76. The van der Waals surface area contributed by atoms with Gasteiger partial charge in [0.2, 0.25) is 5.91 Å². The van der Waals surface area contributed by atoms with Gasteiger partial charge in [0.15, 0.2) is 5.82 Å². The van der Waals surface area contributed by atoms with Crippen molar-refractivity contribution < 1.29 is 18.9 Å². The van der Waals surface area contributed by atoms with Gasteiger partial charge in [0.25, 0.3) is 0 Å². The Morgan fingerprint density at radius 1 is 1.23 bits per heavy atom. The fraction of sp³-hybridized carbons (Fsp3) is 0.143. The molecule has 0 aliphatic carbocycles. The summed E-state index contributed by atoms with van der Waals surface area (Å²) in [4.78, 5) is 36.6. The number of imide groups is 1. The number of aromatic nitrogens is 1. The molecule has 8 nitrogen and oxygen atoms in total. The number of nitrogen functional groups attached to an aromatic ring is 1. The van der Waals surface area contributed by atoms with Crippen molar-refractivity contribution >= 4 is 34.9 Å². The molecule has 3 amide bonds. The van der Waals surface area contributed by atoms with Gasteiger partial charge in [-0.15, -0.1) is 0 Å². The van der Waals surface area contributed by atoms with E-state index in [1.54, 1.807) is 6.92 Å². The van der Waals surface area contributed by atoms with Crippen LogP contribution in [0.25, 0.3) is 0 Å². The Hall–Kier alpha value is -3.16. The first-order valence-electron chi connectivity index (χ1n) is 6.33. The molecular weight excluding hydrogens is 288 g/mol. The van der Waals surface area contributed by atoms with E-state index < -0.39 is 17.7 Å². The van der Waals surface area contributed by atoms with Gasteiger partial charge >= 0.3 is 11.8 Å². The van der Waals surface area contributed by atoms with Gasteiger partial charge in [-0.05, 0) is 31.2 Å². The quantitative estimate of drug-likeness (QED) is 0.633. The van der Waals surface area contributed by atoms with Crippen LogP contribution in [0, 0.1) is 6.92 Å². The average Bonchev–Trinajstić information content (AvgIpc) is 2.86. The molecule has 0 saturated heterocycles. The summed E-state index contributed by atoms with van der Waals surface area (Å²) in [5, 5.41) is 5.81. The molecule has 1 heterocycles. The van der Waals surface area contributed by atoms with Gasteiger partial charge in [0.05, 0.1) is 5.69 Å². The fourth-order valence-electron chi connectivity index (χ4n) is 1.76. The highest BCUT2D eigenvalue weighted by Gasteiger charge is 2.27. The van der Waals surface area contributed by atoms with Gasteiger partial charge in [-0.2, -0.15) is 0 Å². The number of nitrogens with zero attached hydrogens (tertiary/aromatic N) is 2. The van der Waals surface area contributed by atoms with E-state index in [2.05, 4.69) is 10.5 Å². The van der Waals surface area contributed by atoms with Crippen molar-refractivity contribution in [1.29, 1.82) is 0 Å². The summed E-state index contributed by atoms with van der Waals surface area (Å²) in [7, 11) is 0. The van der Waals surface area contributed by atoms with E-state index in [-0.39, 0.29) is 11.5 Å². The molecule has 0 atom stereocenters. The summed E-state index contributed by atoms with van der Waals surface area (Å²) in [5.74, 6) is -2.05.